The molecule has 6 nitrogen and oxygen atoms in total. The zero-order chi connectivity index (χ0) is 19.8. The number of benzene rings is 2. The van der Waals surface area contributed by atoms with E-state index in [4.69, 9.17) is 10.6 Å². The van der Waals surface area contributed by atoms with Crippen LogP contribution in [-0.4, -0.2) is 15.7 Å². The Kier molecular flexibility index (Phi) is 4.52. The van der Waals surface area contributed by atoms with Gasteiger partial charge in [-0.3, -0.25) is 9.59 Å². The van der Waals surface area contributed by atoms with Crippen LogP contribution in [0, 0.1) is 0 Å². The Morgan fingerprint density at radius 2 is 1.74 bits per heavy atom. The normalized spacial score (nSPS) is 11.5. The highest BCUT2D eigenvalue weighted by Gasteiger charge is 2.33. The first kappa shape index (κ1) is 18.3. The van der Waals surface area contributed by atoms with Gasteiger partial charge in [0.1, 0.15) is 17.9 Å². The molecule has 1 amide bonds. The molecule has 27 heavy (non-hydrogen) atoms. The van der Waals surface area contributed by atoms with Crippen molar-refractivity contribution in [1.29, 1.82) is 0 Å². The summed E-state index contributed by atoms with van der Waals surface area (Å²) in [4.78, 5) is 29.3. The number of primary amides is 1. The first-order valence-corrected chi connectivity index (χ1v) is 7.66. The topological polar surface area (TPSA) is 94.6 Å². The highest BCUT2D eigenvalue weighted by molar-refractivity contribution is 6.01. The lowest BCUT2D eigenvalue weighted by Gasteiger charge is -2.16. The maximum absolute atomic E-state index is 13.1. The molecule has 3 aromatic rings. The molecule has 1 aromatic heterocycles. The molecule has 0 spiro atoms. The number of para-hydroxylation sites is 1. The van der Waals surface area contributed by atoms with Crippen LogP contribution in [0.2, 0.25) is 0 Å². The van der Waals surface area contributed by atoms with Gasteiger partial charge in [0, 0.05) is 10.9 Å². The molecule has 140 valence electrons. The lowest BCUT2D eigenvalue weighted by Crippen LogP contribution is -2.34. The first-order valence-electron chi connectivity index (χ1n) is 7.66. The second kappa shape index (κ2) is 6.67. The summed E-state index contributed by atoms with van der Waals surface area (Å²) in [6, 6.07) is 10.7. The quantitative estimate of drug-likeness (QED) is 0.729. The van der Waals surface area contributed by atoms with Crippen LogP contribution in [0.5, 0.6) is 5.75 Å². The number of nitrogens with two attached hydrogens (primary N) is 1. The van der Waals surface area contributed by atoms with E-state index in [0.29, 0.717) is 4.73 Å². The van der Waals surface area contributed by atoms with Gasteiger partial charge in [-0.1, -0.05) is 30.3 Å². The molecule has 0 radical (unpaired) electrons. The minimum atomic E-state index is -4.60. The summed E-state index contributed by atoms with van der Waals surface area (Å²) in [5, 5.41) is 10.2. The van der Waals surface area contributed by atoms with Gasteiger partial charge in [0.25, 0.3) is 11.5 Å². The van der Waals surface area contributed by atoms with Crippen molar-refractivity contribution in [2.24, 2.45) is 5.73 Å². The fourth-order valence-electron chi connectivity index (χ4n) is 2.70. The van der Waals surface area contributed by atoms with Gasteiger partial charge < -0.3 is 15.7 Å². The van der Waals surface area contributed by atoms with Gasteiger partial charge in [-0.15, -0.1) is 4.73 Å². The minimum absolute atomic E-state index is 0.0782. The fourth-order valence-corrected chi connectivity index (χ4v) is 2.70. The van der Waals surface area contributed by atoms with Crippen LogP contribution in [0.1, 0.15) is 21.5 Å². The van der Waals surface area contributed by atoms with E-state index in [1.54, 1.807) is 6.07 Å². The number of carbonyl (C=O) groups excluding carboxylic acids is 1. The predicted molar refractivity (Wildman–Crippen MR) is 90.1 cm³/mol. The van der Waals surface area contributed by atoms with E-state index in [1.165, 1.54) is 36.4 Å². The summed E-state index contributed by atoms with van der Waals surface area (Å²) >= 11 is 0. The van der Waals surface area contributed by atoms with Crippen LogP contribution in [0.25, 0.3) is 10.9 Å². The number of fused-ring (bicyclic) bond motifs is 1. The Balaban J connectivity index is 2.12. The van der Waals surface area contributed by atoms with Crippen molar-refractivity contribution in [1.82, 2.24) is 4.73 Å². The van der Waals surface area contributed by atoms with E-state index < -0.39 is 41.1 Å². The highest BCUT2D eigenvalue weighted by atomic mass is 19.4. The molecule has 9 heteroatoms. The van der Waals surface area contributed by atoms with Crippen LogP contribution >= 0.6 is 0 Å². The molecule has 2 aromatic carbocycles. The molecule has 3 rings (SSSR count). The smallest absolute Gasteiger partial charge is 0.416 e. The van der Waals surface area contributed by atoms with E-state index in [9.17, 15) is 27.9 Å². The summed E-state index contributed by atoms with van der Waals surface area (Å²) in [5.74, 6) is -1.80. The van der Waals surface area contributed by atoms with Crippen molar-refractivity contribution < 1.29 is 27.9 Å². The number of hydrogen-bond donors (Lipinski definition) is 2. The lowest BCUT2D eigenvalue weighted by atomic mass is 10.1. The molecule has 0 saturated heterocycles. The molecular weight excluding hydrogens is 365 g/mol. The summed E-state index contributed by atoms with van der Waals surface area (Å²) in [6.45, 7) is -0.595. The SMILES string of the molecule is NC(=O)c1c(O)c2ccccc2n(OCc2ccccc2C(F)(F)F)c1=O. The number of hydrogen-bond acceptors (Lipinski definition) is 4. The maximum atomic E-state index is 13.1. The monoisotopic (exact) mass is 378 g/mol. The van der Waals surface area contributed by atoms with Gasteiger partial charge >= 0.3 is 6.18 Å². The minimum Gasteiger partial charge on any atom is -0.506 e. The molecule has 0 unspecified atom stereocenters. The van der Waals surface area contributed by atoms with E-state index in [-0.39, 0.29) is 16.5 Å². The van der Waals surface area contributed by atoms with Crippen molar-refractivity contribution in [2.45, 2.75) is 12.8 Å². The van der Waals surface area contributed by atoms with Crippen molar-refractivity contribution in [3.05, 3.63) is 75.6 Å². The summed E-state index contributed by atoms with van der Waals surface area (Å²) in [6.07, 6.45) is -4.60. The van der Waals surface area contributed by atoms with Crippen LogP contribution < -0.4 is 16.1 Å². The molecule has 1 heterocycles. The van der Waals surface area contributed by atoms with E-state index in [2.05, 4.69) is 0 Å². The third-order valence-corrected chi connectivity index (χ3v) is 3.93. The molecule has 0 aliphatic carbocycles. The summed E-state index contributed by atoms with van der Waals surface area (Å²) in [5.41, 5.74) is 2.34. The van der Waals surface area contributed by atoms with Gasteiger partial charge in [0.15, 0.2) is 0 Å². The molecule has 0 saturated carbocycles. The summed E-state index contributed by atoms with van der Waals surface area (Å²) < 4.78 is 40.0. The number of nitrogens with zero attached hydrogens (tertiary/aromatic N) is 1. The number of halogens is 3. The first-order chi connectivity index (χ1) is 12.7. The number of amides is 1. The van der Waals surface area contributed by atoms with E-state index in [1.807, 2.05) is 0 Å². The maximum Gasteiger partial charge on any atom is 0.416 e. The van der Waals surface area contributed by atoms with Crippen LogP contribution in [0.3, 0.4) is 0 Å². The fraction of sp³-hybridized carbons (Fsp3) is 0.111. The van der Waals surface area contributed by atoms with Gasteiger partial charge in [0.2, 0.25) is 0 Å². The number of carbonyl (C=O) groups is 1. The van der Waals surface area contributed by atoms with Crippen molar-refractivity contribution in [3.8, 4) is 5.75 Å². The zero-order valence-corrected chi connectivity index (χ0v) is 13.7. The van der Waals surface area contributed by atoms with Crippen LogP contribution in [-0.2, 0) is 12.8 Å². The van der Waals surface area contributed by atoms with Crippen LogP contribution in [0.4, 0.5) is 13.2 Å². The molecule has 0 bridgehead atoms. The second-order valence-corrected chi connectivity index (χ2v) is 5.63. The zero-order valence-electron chi connectivity index (χ0n) is 13.7. The molecule has 0 aliphatic rings. The number of alkyl halides is 3. The average molecular weight is 378 g/mol. The molecular formula is C18H13F3N2O4. The Morgan fingerprint density at radius 1 is 1.11 bits per heavy atom. The Bertz CT molecular complexity index is 1090. The number of aromatic nitrogens is 1. The third-order valence-electron chi connectivity index (χ3n) is 3.93. The van der Waals surface area contributed by atoms with Crippen molar-refractivity contribution >= 4 is 16.8 Å². The van der Waals surface area contributed by atoms with Gasteiger partial charge in [-0.2, -0.15) is 13.2 Å². The number of rotatable bonds is 4. The van der Waals surface area contributed by atoms with E-state index in [0.717, 1.165) is 6.07 Å². The molecule has 0 aliphatic heterocycles. The highest BCUT2D eigenvalue weighted by Crippen LogP contribution is 2.32. The number of aromatic hydroxyl groups is 1. The summed E-state index contributed by atoms with van der Waals surface area (Å²) in [7, 11) is 0. The predicted octanol–water partition coefficient (Wildman–Crippen LogP) is 2.45. The average Bonchev–Trinajstić information content (AvgIpc) is 2.61. The Morgan fingerprint density at radius 3 is 2.41 bits per heavy atom. The van der Waals surface area contributed by atoms with Gasteiger partial charge in [-0.25, -0.2) is 0 Å². The lowest BCUT2D eigenvalue weighted by molar-refractivity contribution is -0.138. The van der Waals surface area contributed by atoms with Crippen molar-refractivity contribution in [2.75, 3.05) is 0 Å². The largest absolute Gasteiger partial charge is 0.506 e. The van der Waals surface area contributed by atoms with Gasteiger partial charge in [-0.05, 0) is 18.2 Å². The Labute approximate surface area is 150 Å². The molecule has 0 atom stereocenters. The van der Waals surface area contributed by atoms with Crippen LogP contribution in [0.15, 0.2) is 53.3 Å². The third kappa shape index (κ3) is 3.31. The standard InChI is InChI=1S/C18H13F3N2O4/c19-18(20,21)12-7-3-1-5-10(12)9-27-23-13-8-4-2-6-11(13)15(24)14(16(22)25)17(23)26/h1-8,24H,9H2,(H2,22,25). The Hall–Kier alpha value is -3.49. The molecule has 0 fully saturated rings. The number of pyridine rings is 1. The van der Waals surface area contributed by atoms with E-state index >= 15 is 0 Å². The van der Waals surface area contributed by atoms with Crippen molar-refractivity contribution in [3.63, 3.8) is 0 Å². The molecule has 3 N–H and O–H groups in total. The second-order valence-electron chi connectivity index (χ2n) is 5.63. The van der Waals surface area contributed by atoms with Gasteiger partial charge in [0.05, 0.1) is 11.1 Å².